The van der Waals surface area contributed by atoms with Gasteiger partial charge in [-0.3, -0.25) is 10.1 Å². The van der Waals surface area contributed by atoms with Gasteiger partial charge in [-0.1, -0.05) is 23.7 Å². The molecule has 0 fully saturated rings. The summed E-state index contributed by atoms with van der Waals surface area (Å²) >= 11 is 5.72. The van der Waals surface area contributed by atoms with E-state index in [0.29, 0.717) is 11.5 Å². The highest BCUT2D eigenvalue weighted by molar-refractivity contribution is 6.29. The maximum atomic E-state index is 12.0. The van der Waals surface area contributed by atoms with E-state index in [9.17, 15) is 4.79 Å². The van der Waals surface area contributed by atoms with Crippen LogP contribution in [0.4, 0.5) is 5.95 Å². The van der Waals surface area contributed by atoms with Crippen molar-refractivity contribution in [3.8, 4) is 11.5 Å². The number of para-hydroxylation sites is 2. The van der Waals surface area contributed by atoms with Gasteiger partial charge in [0.15, 0.2) is 11.5 Å². The summed E-state index contributed by atoms with van der Waals surface area (Å²) in [5, 5.41) is 2.78. The number of nitrogens with zero attached hydrogens (tertiary/aromatic N) is 2. The number of aromatic nitrogens is 2. The van der Waals surface area contributed by atoms with Crippen molar-refractivity contribution in [2.45, 2.75) is 6.10 Å². The van der Waals surface area contributed by atoms with E-state index in [1.807, 2.05) is 12.1 Å². The second kappa shape index (κ2) is 5.34. The summed E-state index contributed by atoms with van der Waals surface area (Å²) in [6.45, 7) is 0.128. The molecule has 7 heteroatoms. The number of halogens is 1. The summed E-state index contributed by atoms with van der Waals surface area (Å²) in [4.78, 5) is 19.8. The van der Waals surface area contributed by atoms with Gasteiger partial charge in [0.05, 0.1) is 0 Å². The number of amides is 1. The van der Waals surface area contributed by atoms with E-state index in [1.165, 1.54) is 12.3 Å². The van der Waals surface area contributed by atoms with Crippen LogP contribution in [0.5, 0.6) is 11.5 Å². The predicted octanol–water partition coefficient (Wildman–Crippen LogP) is 1.91. The Morgan fingerprint density at radius 1 is 1.30 bits per heavy atom. The first kappa shape index (κ1) is 12.7. The van der Waals surface area contributed by atoms with Crippen LogP contribution < -0.4 is 14.8 Å². The SMILES string of the molecule is O=C(Nc1nccc(Cl)n1)C1COc2ccccc2O1. The Labute approximate surface area is 119 Å². The van der Waals surface area contributed by atoms with Crippen LogP contribution in [-0.4, -0.2) is 28.6 Å². The number of ether oxygens (including phenoxy) is 2. The number of nitrogens with one attached hydrogen (secondary N) is 1. The Kier molecular flexibility index (Phi) is 3.39. The molecule has 0 bridgehead atoms. The molecule has 3 rings (SSSR count). The van der Waals surface area contributed by atoms with Gasteiger partial charge in [0.1, 0.15) is 11.8 Å². The van der Waals surface area contributed by atoms with E-state index in [1.54, 1.807) is 12.1 Å². The highest BCUT2D eigenvalue weighted by atomic mass is 35.5. The molecular formula is C13H10ClN3O3. The van der Waals surface area contributed by atoms with Crippen molar-refractivity contribution in [3.05, 3.63) is 41.7 Å². The van der Waals surface area contributed by atoms with Crippen molar-refractivity contribution in [1.29, 1.82) is 0 Å². The molecule has 0 spiro atoms. The Hall–Kier alpha value is -2.34. The normalized spacial score (nSPS) is 16.6. The van der Waals surface area contributed by atoms with Crippen molar-refractivity contribution in [1.82, 2.24) is 9.97 Å². The minimum Gasteiger partial charge on any atom is -0.485 e. The highest BCUT2D eigenvalue weighted by Gasteiger charge is 2.27. The molecule has 0 saturated carbocycles. The smallest absolute Gasteiger partial charge is 0.271 e. The lowest BCUT2D eigenvalue weighted by Gasteiger charge is -2.25. The number of carbonyl (C=O) groups excluding carboxylic acids is 1. The molecule has 1 aliphatic rings. The second-order valence-electron chi connectivity index (χ2n) is 4.06. The topological polar surface area (TPSA) is 73.3 Å². The first-order valence-electron chi connectivity index (χ1n) is 5.90. The maximum absolute atomic E-state index is 12.0. The zero-order valence-electron chi connectivity index (χ0n) is 10.2. The number of anilines is 1. The molecule has 2 aromatic rings. The van der Waals surface area contributed by atoms with Gasteiger partial charge in [-0.25, -0.2) is 9.97 Å². The minimum atomic E-state index is -0.757. The van der Waals surface area contributed by atoms with Gasteiger partial charge in [0.25, 0.3) is 5.91 Å². The Bertz CT molecular complexity index is 650. The van der Waals surface area contributed by atoms with Crippen molar-refractivity contribution in [2.75, 3.05) is 11.9 Å². The molecule has 1 amide bonds. The van der Waals surface area contributed by atoms with E-state index >= 15 is 0 Å². The van der Waals surface area contributed by atoms with E-state index < -0.39 is 6.10 Å². The minimum absolute atomic E-state index is 0.128. The molecule has 0 aliphatic carbocycles. The average molecular weight is 292 g/mol. The second-order valence-corrected chi connectivity index (χ2v) is 4.44. The molecule has 0 radical (unpaired) electrons. The monoisotopic (exact) mass is 291 g/mol. The molecule has 102 valence electrons. The standard InChI is InChI=1S/C13H10ClN3O3/c14-11-5-6-15-13(16-11)17-12(18)10-7-19-8-3-1-2-4-9(8)20-10/h1-6,10H,7H2,(H,15,16,17,18). The van der Waals surface area contributed by atoms with Gasteiger partial charge >= 0.3 is 0 Å². The molecule has 1 aromatic heterocycles. The summed E-state index contributed by atoms with van der Waals surface area (Å²) in [5.41, 5.74) is 0. The van der Waals surface area contributed by atoms with Gasteiger partial charge < -0.3 is 9.47 Å². The number of hydrogen-bond donors (Lipinski definition) is 1. The fourth-order valence-corrected chi connectivity index (χ4v) is 1.87. The highest BCUT2D eigenvalue weighted by Crippen LogP contribution is 2.31. The zero-order valence-corrected chi connectivity index (χ0v) is 11.0. The first-order chi connectivity index (χ1) is 9.72. The first-order valence-corrected chi connectivity index (χ1v) is 6.28. The molecule has 6 nitrogen and oxygen atoms in total. The molecule has 1 aliphatic heterocycles. The molecule has 0 saturated heterocycles. The molecule has 1 N–H and O–H groups in total. The molecule has 20 heavy (non-hydrogen) atoms. The zero-order chi connectivity index (χ0) is 13.9. The molecular weight excluding hydrogens is 282 g/mol. The molecule has 1 atom stereocenters. The summed E-state index contributed by atoms with van der Waals surface area (Å²) in [7, 11) is 0. The largest absolute Gasteiger partial charge is 0.485 e. The number of fused-ring (bicyclic) bond motifs is 1. The Balaban J connectivity index is 1.70. The van der Waals surface area contributed by atoms with E-state index in [0.717, 1.165) is 0 Å². The third kappa shape index (κ3) is 2.65. The fraction of sp³-hybridized carbons (Fsp3) is 0.154. The van der Waals surface area contributed by atoms with Gasteiger partial charge in [0, 0.05) is 6.20 Å². The Morgan fingerprint density at radius 3 is 2.90 bits per heavy atom. The van der Waals surface area contributed by atoms with E-state index in [4.69, 9.17) is 21.1 Å². The number of carbonyl (C=O) groups is 1. The quantitative estimate of drug-likeness (QED) is 0.856. The fourth-order valence-electron chi connectivity index (χ4n) is 1.74. The van der Waals surface area contributed by atoms with Gasteiger partial charge in [-0.15, -0.1) is 0 Å². The van der Waals surface area contributed by atoms with Crippen LogP contribution in [0.2, 0.25) is 5.15 Å². The van der Waals surface area contributed by atoms with Crippen LogP contribution in [0.3, 0.4) is 0 Å². The lowest BCUT2D eigenvalue weighted by atomic mass is 10.2. The Morgan fingerprint density at radius 2 is 2.10 bits per heavy atom. The number of benzene rings is 1. The number of hydrogen-bond acceptors (Lipinski definition) is 5. The summed E-state index contributed by atoms with van der Waals surface area (Å²) in [6.07, 6.45) is 0.700. The van der Waals surface area contributed by atoms with Crippen molar-refractivity contribution in [3.63, 3.8) is 0 Å². The third-order valence-corrected chi connectivity index (χ3v) is 2.87. The van der Waals surface area contributed by atoms with E-state index in [2.05, 4.69) is 15.3 Å². The molecule has 2 heterocycles. The summed E-state index contributed by atoms with van der Waals surface area (Å²) in [6, 6.07) is 8.69. The maximum Gasteiger partial charge on any atom is 0.271 e. The summed E-state index contributed by atoms with van der Waals surface area (Å²) < 4.78 is 11.0. The predicted molar refractivity (Wildman–Crippen MR) is 72.0 cm³/mol. The third-order valence-electron chi connectivity index (χ3n) is 2.66. The van der Waals surface area contributed by atoms with Crippen LogP contribution in [0.1, 0.15) is 0 Å². The van der Waals surface area contributed by atoms with Gasteiger partial charge in [-0.2, -0.15) is 0 Å². The molecule has 1 unspecified atom stereocenters. The molecule has 1 aromatic carbocycles. The van der Waals surface area contributed by atoms with Crippen molar-refractivity contribution >= 4 is 23.5 Å². The van der Waals surface area contributed by atoms with Crippen molar-refractivity contribution in [2.24, 2.45) is 0 Å². The van der Waals surface area contributed by atoms with Gasteiger partial charge in [0.2, 0.25) is 12.1 Å². The van der Waals surface area contributed by atoms with E-state index in [-0.39, 0.29) is 23.6 Å². The van der Waals surface area contributed by atoms with Crippen LogP contribution in [0.15, 0.2) is 36.5 Å². The lowest BCUT2D eigenvalue weighted by molar-refractivity contribution is -0.125. The average Bonchev–Trinajstić information content (AvgIpc) is 2.47. The summed E-state index contributed by atoms with van der Waals surface area (Å²) in [5.74, 6) is 0.896. The van der Waals surface area contributed by atoms with Crippen molar-refractivity contribution < 1.29 is 14.3 Å². The van der Waals surface area contributed by atoms with Crippen LogP contribution >= 0.6 is 11.6 Å². The lowest BCUT2D eigenvalue weighted by Crippen LogP contribution is -2.40. The van der Waals surface area contributed by atoms with Crippen LogP contribution in [0.25, 0.3) is 0 Å². The van der Waals surface area contributed by atoms with Crippen LogP contribution in [0, 0.1) is 0 Å². The van der Waals surface area contributed by atoms with Crippen LogP contribution in [-0.2, 0) is 4.79 Å². The van der Waals surface area contributed by atoms with Gasteiger partial charge in [-0.05, 0) is 18.2 Å². The number of rotatable bonds is 2.